The zero-order chi connectivity index (χ0) is 10.4. The zero-order valence-corrected chi connectivity index (χ0v) is 8.83. The van der Waals surface area contributed by atoms with Crippen molar-refractivity contribution in [3.05, 3.63) is 36.5 Å². The number of allylic oxidation sites excluding steroid dienone is 5. The van der Waals surface area contributed by atoms with Crippen LogP contribution in [0.15, 0.2) is 36.5 Å². The van der Waals surface area contributed by atoms with Gasteiger partial charge in [0, 0.05) is 12.3 Å². The monoisotopic (exact) mass is 190 g/mol. The average molecular weight is 190 g/mol. The topological polar surface area (TPSA) is 17.1 Å². The first-order valence-corrected chi connectivity index (χ1v) is 5.27. The lowest BCUT2D eigenvalue weighted by Crippen LogP contribution is -2.20. The molecule has 1 atom stereocenters. The Labute approximate surface area is 86.2 Å². The highest BCUT2D eigenvalue weighted by Crippen LogP contribution is 2.27. The highest BCUT2D eigenvalue weighted by Gasteiger charge is 2.23. The second-order valence-corrected chi connectivity index (χ2v) is 3.65. The fraction of sp³-hybridized carbons (Fsp3) is 0.462. The van der Waals surface area contributed by atoms with Gasteiger partial charge in [0.15, 0.2) is 0 Å². The zero-order valence-electron chi connectivity index (χ0n) is 8.83. The molecule has 1 nitrogen and oxygen atoms in total. The molecule has 0 aliphatic heterocycles. The summed E-state index contributed by atoms with van der Waals surface area (Å²) < 4.78 is 0. The van der Waals surface area contributed by atoms with Gasteiger partial charge in [0.05, 0.1) is 0 Å². The summed E-state index contributed by atoms with van der Waals surface area (Å²) in [5.74, 6) is 0.544. The fourth-order valence-corrected chi connectivity index (χ4v) is 1.93. The van der Waals surface area contributed by atoms with Gasteiger partial charge < -0.3 is 0 Å². The quantitative estimate of drug-likeness (QED) is 0.623. The number of carbonyl (C=O) groups is 1. The second kappa shape index (κ2) is 5.58. The molecule has 0 heterocycles. The second-order valence-electron chi connectivity index (χ2n) is 3.65. The standard InChI is InChI=1S/C13H18O/c1-3-5-8-11(4-2)12-9-6-7-10-13(12)14/h3-5,8,12H,1,6-7,9-10H2,2H3/b8-5-,11-4+. The van der Waals surface area contributed by atoms with Gasteiger partial charge in [-0.3, -0.25) is 4.79 Å². The van der Waals surface area contributed by atoms with Crippen molar-refractivity contribution in [3.63, 3.8) is 0 Å². The highest BCUT2D eigenvalue weighted by molar-refractivity contribution is 5.85. The van der Waals surface area contributed by atoms with Crippen molar-refractivity contribution in [1.82, 2.24) is 0 Å². The Morgan fingerprint density at radius 2 is 2.29 bits per heavy atom. The van der Waals surface area contributed by atoms with Gasteiger partial charge in [-0.15, -0.1) is 0 Å². The highest BCUT2D eigenvalue weighted by atomic mass is 16.1. The molecule has 0 bridgehead atoms. The van der Waals surface area contributed by atoms with Crippen LogP contribution in [0.3, 0.4) is 0 Å². The van der Waals surface area contributed by atoms with Crippen LogP contribution in [-0.2, 0) is 4.79 Å². The third-order valence-electron chi connectivity index (χ3n) is 2.72. The Morgan fingerprint density at radius 1 is 1.50 bits per heavy atom. The average Bonchev–Trinajstić information content (AvgIpc) is 2.21. The van der Waals surface area contributed by atoms with Crippen LogP contribution >= 0.6 is 0 Å². The third-order valence-corrected chi connectivity index (χ3v) is 2.72. The van der Waals surface area contributed by atoms with E-state index >= 15 is 0 Å². The summed E-state index contributed by atoms with van der Waals surface area (Å²) in [6.07, 6.45) is 11.7. The maximum Gasteiger partial charge on any atom is 0.140 e. The molecule has 0 radical (unpaired) electrons. The molecule has 0 saturated heterocycles. The molecule has 1 saturated carbocycles. The molecule has 0 N–H and O–H groups in total. The predicted octanol–water partition coefficient (Wildman–Crippen LogP) is 3.43. The van der Waals surface area contributed by atoms with Crippen molar-refractivity contribution in [2.75, 3.05) is 0 Å². The molecule has 1 aliphatic rings. The van der Waals surface area contributed by atoms with Gasteiger partial charge >= 0.3 is 0 Å². The van der Waals surface area contributed by atoms with Crippen LogP contribution in [-0.4, -0.2) is 5.78 Å². The number of hydrogen-bond donors (Lipinski definition) is 0. The molecule has 0 aromatic carbocycles. The molecule has 0 spiro atoms. The van der Waals surface area contributed by atoms with E-state index in [2.05, 4.69) is 6.58 Å². The van der Waals surface area contributed by atoms with Gasteiger partial charge in [-0.05, 0) is 25.3 Å². The van der Waals surface area contributed by atoms with E-state index in [4.69, 9.17) is 0 Å². The first-order chi connectivity index (χ1) is 6.79. The van der Waals surface area contributed by atoms with Crippen molar-refractivity contribution in [1.29, 1.82) is 0 Å². The van der Waals surface area contributed by atoms with Gasteiger partial charge in [-0.1, -0.05) is 37.3 Å². The van der Waals surface area contributed by atoms with E-state index in [1.165, 1.54) is 6.42 Å². The van der Waals surface area contributed by atoms with Crippen LogP contribution in [0.1, 0.15) is 32.6 Å². The summed E-state index contributed by atoms with van der Waals surface area (Å²) in [5.41, 5.74) is 1.15. The van der Waals surface area contributed by atoms with Gasteiger partial charge in [0.25, 0.3) is 0 Å². The molecule has 0 amide bonds. The fourth-order valence-electron chi connectivity index (χ4n) is 1.93. The summed E-state index contributed by atoms with van der Waals surface area (Å²) in [4.78, 5) is 11.7. The SMILES string of the molecule is C=C/C=C\C(=C/C)C1CCCCC1=O. The molecule has 1 rings (SSSR count). The maximum atomic E-state index is 11.7. The number of Topliss-reactive ketones (excluding diaryl/α,β-unsaturated/α-hetero) is 1. The van der Waals surface area contributed by atoms with E-state index in [1.807, 2.05) is 25.2 Å². The van der Waals surface area contributed by atoms with Gasteiger partial charge in [-0.25, -0.2) is 0 Å². The number of ketones is 1. The summed E-state index contributed by atoms with van der Waals surface area (Å²) in [6, 6.07) is 0. The van der Waals surface area contributed by atoms with Crippen LogP contribution in [0.2, 0.25) is 0 Å². The summed E-state index contributed by atoms with van der Waals surface area (Å²) in [6.45, 7) is 5.62. The van der Waals surface area contributed by atoms with E-state index in [0.29, 0.717) is 5.78 Å². The van der Waals surface area contributed by atoms with Crippen molar-refractivity contribution < 1.29 is 4.79 Å². The summed E-state index contributed by atoms with van der Waals surface area (Å²) in [7, 11) is 0. The Hall–Kier alpha value is -1.11. The smallest absolute Gasteiger partial charge is 0.140 e. The Morgan fingerprint density at radius 3 is 2.86 bits per heavy atom. The van der Waals surface area contributed by atoms with Crippen LogP contribution in [0.5, 0.6) is 0 Å². The van der Waals surface area contributed by atoms with E-state index in [-0.39, 0.29) is 5.92 Å². The molecule has 1 unspecified atom stereocenters. The van der Waals surface area contributed by atoms with E-state index in [0.717, 1.165) is 24.8 Å². The third kappa shape index (κ3) is 2.69. The molecule has 1 aliphatic carbocycles. The molecule has 1 fully saturated rings. The van der Waals surface area contributed by atoms with Crippen molar-refractivity contribution in [3.8, 4) is 0 Å². The minimum Gasteiger partial charge on any atom is -0.299 e. The van der Waals surface area contributed by atoms with Crippen molar-refractivity contribution in [2.45, 2.75) is 32.6 Å². The van der Waals surface area contributed by atoms with Gasteiger partial charge in [0.2, 0.25) is 0 Å². The lowest BCUT2D eigenvalue weighted by Gasteiger charge is -2.21. The largest absolute Gasteiger partial charge is 0.299 e. The van der Waals surface area contributed by atoms with E-state index in [9.17, 15) is 4.79 Å². The summed E-state index contributed by atoms with van der Waals surface area (Å²) in [5, 5.41) is 0. The summed E-state index contributed by atoms with van der Waals surface area (Å²) >= 11 is 0. The minimum atomic E-state index is 0.143. The first-order valence-electron chi connectivity index (χ1n) is 5.27. The van der Waals surface area contributed by atoms with Crippen molar-refractivity contribution >= 4 is 5.78 Å². The van der Waals surface area contributed by atoms with Crippen LogP contribution in [0.4, 0.5) is 0 Å². The Bertz CT molecular complexity index is 271. The van der Waals surface area contributed by atoms with Gasteiger partial charge in [0.1, 0.15) is 5.78 Å². The van der Waals surface area contributed by atoms with Crippen molar-refractivity contribution in [2.24, 2.45) is 5.92 Å². The van der Waals surface area contributed by atoms with Crippen LogP contribution in [0, 0.1) is 5.92 Å². The normalized spacial score (nSPS) is 24.2. The molecule has 0 aromatic rings. The molecular weight excluding hydrogens is 172 g/mol. The minimum absolute atomic E-state index is 0.143. The van der Waals surface area contributed by atoms with Crippen LogP contribution < -0.4 is 0 Å². The van der Waals surface area contributed by atoms with Crippen LogP contribution in [0.25, 0.3) is 0 Å². The number of rotatable bonds is 3. The lowest BCUT2D eigenvalue weighted by molar-refractivity contribution is -0.123. The Kier molecular flexibility index (Phi) is 4.37. The molecule has 14 heavy (non-hydrogen) atoms. The molecule has 0 aromatic heterocycles. The Balaban J connectivity index is 2.72. The number of carbonyl (C=O) groups excluding carboxylic acids is 1. The van der Waals surface area contributed by atoms with Gasteiger partial charge in [-0.2, -0.15) is 0 Å². The first kappa shape index (κ1) is 11.0. The lowest BCUT2D eigenvalue weighted by atomic mass is 9.82. The number of hydrogen-bond acceptors (Lipinski definition) is 1. The molecular formula is C13H18O. The van der Waals surface area contributed by atoms with E-state index < -0.39 is 0 Å². The van der Waals surface area contributed by atoms with E-state index in [1.54, 1.807) is 6.08 Å². The predicted molar refractivity (Wildman–Crippen MR) is 60.1 cm³/mol. The maximum absolute atomic E-state index is 11.7. The molecule has 76 valence electrons. The molecule has 1 heteroatoms.